The minimum atomic E-state index is -7.94. The molecule has 0 aliphatic heterocycles. The first-order valence-corrected chi connectivity index (χ1v) is 8.80. The van der Waals surface area contributed by atoms with Gasteiger partial charge >= 0.3 is 48.4 Å². The summed E-state index contributed by atoms with van der Waals surface area (Å²) in [5, 5.41) is 1.91. The first kappa shape index (κ1) is 34.2. The molecule has 214 valence electrons. The average molecular weight is 594 g/mol. The smallest absolute Gasteiger partial charge is 0.366 e. The van der Waals surface area contributed by atoms with E-state index in [1.54, 1.807) is 5.32 Å². The summed E-state index contributed by atoms with van der Waals surface area (Å²) in [7, 11) is 0.828. The first-order valence-electron chi connectivity index (χ1n) is 8.39. The number of ether oxygens (including phenoxy) is 2. The maximum atomic E-state index is 14.8. The third kappa shape index (κ3) is 6.34. The highest BCUT2D eigenvalue weighted by atomic mass is 32.1. The molecule has 0 spiro atoms. The van der Waals surface area contributed by atoms with Gasteiger partial charge in [-0.1, -0.05) is 13.0 Å². The molecule has 4 nitrogen and oxygen atoms in total. The fraction of sp³-hybridized carbons (Fsp3) is 0.786. The summed E-state index contributed by atoms with van der Waals surface area (Å²) in [5.74, 6) is -22.1. The zero-order valence-corrected chi connectivity index (χ0v) is 17.8. The highest BCUT2D eigenvalue weighted by Gasteiger charge is 2.85. The van der Waals surface area contributed by atoms with Crippen molar-refractivity contribution in [3.05, 3.63) is 11.8 Å². The lowest BCUT2D eigenvalue weighted by Crippen LogP contribution is -2.67. The molecule has 22 heteroatoms. The summed E-state index contributed by atoms with van der Waals surface area (Å²) >= 11 is 4.25. The number of rotatable bonds is 9. The molecule has 0 radical (unpaired) electrons. The van der Waals surface area contributed by atoms with Crippen LogP contribution in [0.15, 0.2) is 11.8 Å². The zero-order valence-electron chi connectivity index (χ0n) is 16.9. The Labute approximate surface area is 193 Å². The van der Waals surface area contributed by atoms with Gasteiger partial charge in [-0.15, -0.1) is 0 Å². The second-order valence-corrected chi connectivity index (χ2v) is 6.63. The van der Waals surface area contributed by atoms with Crippen molar-refractivity contribution in [3.63, 3.8) is 0 Å². The third-order valence-corrected chi connectivity index (χ3v) is 3.90. The van der Waals surface area contributed by atoms with E-state index in [0.717, 1.165) is 14.0 Å². The van der Waals surface area contributed by atoms with E-state index >= 15 is 0 Å². The summed E-state index contributed by atoms with van der Waals surface area (Å²) in [6, 6.07) is 0. The van der Waals surface area contributed by atoms with Crippen LogP contribution < -0.4 is 10.6 Å². The van der Waals surface area contributed by atoms with E-state index in [0.29, 0.717) is 0 Å². The highest BCUT2D eigenvalue weighted by Crippen LogP contribution is 2.57. The van der Waals surface area contributed by atoms with Gasteiger partial charge in [0.05, 0.1) is 5.70 Å². The Morgan fingerprint density at radius 1 is 0.694 bits per heavy atom. The molecule has 0 amide bonds. The van der Waals surface area contributed by atoms with Crippen molar-refractivity contribution in [2.45, 2.75) is 61.7 Å². The van der Waals surface area contributed by atoms with Gasteiger partial charge < -0.3 is 10.6 Å². The van der Waals surface area contributed by atoms with Gasteiger partial charge in [-0.2, -0.15) is 74.6 Å². The molecule has 0 saturated carbocycles. The van der Waals surface area contributed by atoms with Crippen LogP contribution in [0.3, 0.4) is 0 Å². The predicted octanol–water partition coefficient (Wildman–Crippen LogP) is 6.25. The van der Waals surface area contributed by atoms with Crippen molar-refractivity contribution >= 4 is 17.3 Å². The molecule has 0 aliphatic carbocycles. The van der Waals surface area contributed by atoms with Crippen LogP contribution >= 0.6 is 12.2 Å². The SMILES string of the molecule is CC/C=C(\NC(=S)NC)C(F)(OC(F)(F)C(F)(OC(F)(F)C(F)(F)C(F)(F)F)C(F)(F)F)C(F)(F)F. The lowest BCUT2D eigenvalue weighted by Gasteiger charge is -2.41. The summed E-state index contributed by atoms with van der Waals surface area (Å²) in [4.78, 5) is 0. The molecule has 2 N–H and O–H groups in total. The largest absolute Gasteiger partial charge is 0.462 e. The molecule has 0 aromatic heterocycles. The van der Waals surface area contributed by atoms with Gasteiger partial charge in [0.25, 0.3) is 0 Å². The summed E-state index contributed by atoms with van der Waals surface area (Å²) in [6.07, 6.45) is -38.8. The second-order valence-electron chi connectivity index (χ2n) is 6.23. The van der Waals surface area contributed by atoms with Crippen molar-refractivity contribution in [1.29, 1.82) is 0 Å². The highest BCUT2D eigenvalue weighted by molar-refractivity contribution is 7.80. The molecule has 0 aliphatic rings. The standard InChI is InChI=1S/C14H11F17N2O2S/c1-3-4-5(33-6(36)32-2)7(15,10(19,20)21)34-14(30,31)9(18,12(25,26)27)35-13(28,29)8(16,17)11(22,23)24/h4H,3H2,1-2H3,(H2,32,33,36)/b5-4-. The summed E-state index contributed by atoms with van der Waals surface area (Å²) in [6.45, 7) is 0.872. The van der Waals surface area contributed by atoms with Crippen molar-refractivity contribution in [3.8, 4) is 0 Å². The van der Waals surface area contributed by atoms with Gasteiger partial charge in [0.1, 0.15) is 0 Å². The Morgan fingerprint density at radius 2 is 1.14 bits per heavy atom. The van der Waals surface area contributed by atoms with E-state index in [1.807, 2.05) is 0 Å². The molecular weight excluding hydrogens is 583 g/mol. The lowest BCUT2D eigenvalue weighted by molar-refractivity contribution is -0.549. The van der Waals surface area contributed by atoms with Gasteiger partial charge in [-0.05, 0) is 18.6 Å². The molecule has 0 aromatic carbocycles. The van der Waals surface area contributed by atoms with E-state index < -0.39 is 65.6 Å². The van der Waals surface area contributed by atoms with Crippen LogP contribution in [0.2, 0.25) is 0 Å². The monoisotopic (exact) mass is 594 g/mol. The van der Waals surface area contributed by atoms with Crippen LogP contribution in [0, 0.1) is 0 Å². The van der Waals surface area contributed by atoms with Crippen LogP contribution in [-0.4, -0.2) is 60.5 Å². The summed E-state index contributed by atoms with van der Waals surface area (Å²) in [5.41, 5.74) is -2.35. The Bertz CT molecular complexity index is 822. The van der Waals surface area contributed by atoms with Crippen LogP contribution in [0.1, 0.15) is 13.3 Å². The van der Waals surface area contributed by atoms with Gasteiger partial charge in [0.2, 0.25) is 0 Å². The van der Waals surface area contributed by atoms with E-state index in [2.05, 4.69) is 17.0 Å². The van der Waals surface area contributed by atoms with Gasteiger partial charge in [-0.25, -0.2) is 0 Å². The molecule has 0 aromatic rings. The Morgan fingerprint density at radius 3 is 1.44 bits per heavy atom. The number of alkyl halides is 17. The average Bonchev–Trinajstić information content (AvgIpc) is 2.63. The van der Waals surface area contributed by atoms with Gasteiger partial charge in [0, 0.05) is 7.05 Å². The number of allylic oxidation sites excluding steroid dienone is 1. The van der Waals surface area contributed by atoms with Crippen LogP contribution in [0.25, 0.3) is 0 Å². The molecule has 2 unspecified atom stereocenters. The van der Waals surface area contributed by atoms with Crippen molar-refractivity contribution in [2.24, 2.45) is 0 Å². The van der Waals surface area contributed by atoms with Crippen LogP contribution in [0.4, 0.5) is 74.6 Å². The molecule has 0 rings (SSSR count). The fourth-order valence-corrected chi connectivity index (χ4v) is 1.96. The van der Waals surface area contributed by atoms with Gasteiger partial charge in [-0.3, -0.25) is 9.47 Å². The van der Waals surface area contributed by atoms with Crippen LogP contribution in [-0.2, 0) is 9.47 Å². The summed E-state index contributed by atoms with van der Waals surface area (Å²) < 4.78 is 228. The molecule has 0 bridgehead atoms. The molecular formula is C14H11F17N2O2S. The third-order valence-electron chi connectivity index (χ3n) is 3.59. The van der Waals surface area contributed by atoms with Crippen molar-refractivity contribution in [1.82, 2.24) is 10.6 Å². The minimum absolute atomic E-state index is 0.0615. The second kappa shape index (κ2) is 10.1. The fourth-order valence-electron chi connectivity index (χ4n) is 1.85. The Kier molecular flexibility index (Phi) is 9.62. The number of hydrogen-bond donors (Lipinski definition) is 2. The van der Waals surface area contributed by atoms with Crippen LogP contribution in [0.5, 0.6) is 0 Å². The quantitative estimate of drug-likeness (QED) is 0.244. The first-order chi connectivity index (χ1) is 15.6. The maximum absolute atomic E-state index is 14.8. The topological polar surface area (TPSA) is 42.5 Å². The van der Waals surface area contributed by atoms with Crippen molar-refractivity contribution in [2.75, 3.05) is 7.05 Å². The molecule has 0 fully saturated rings. The van der Waals surface area contributed by atoms with E-state index in [1.165, 1.54) is 10.1 Å². The molecule has 0 saturated heterocycles. The minimum Gasteiger partial charge on any atom is -0.366 e. The van der Waals surface area contributed by atoms with E-state index in [9.17, 15) is 74.6 Å². The predicted molar refractivity (Wildman–Crippen MR) is 86.0 cm³/mol. The number of hydrogen-bond acceptors (Lipinski definition) is 3. The normalized spacial score (nSPS) is 18.4. The number of thiocarbonyl (C=S) groups is 1. The zero-order chi connectivity index (χ0) is 29.4. The van der Waals surface area contributed by atoms with Crippen molar-refractivity contribution < 1.29 is 84.1 Å². The van der Waals surface area contributed by atoms with E-state index in [4.69, 9.17) is 0 Å². The lowest BCUT2D eigenvalue weighted by atomic mass is 10.1. The molecule has 2 atom stereocenters. The van der Waals surface area contributed by atoms with Gasteiger partial charge in [0.15, 0.2) is 5.11 Å². The molecule has 0 heterocycles. The number of halogens is 17. The Hall–Kier alpha value is -1.84. The number of nitrogens with one attached hydrogen (secondary N) is 2. The molecule has 36 heavy (non-hydrogen) atoms. The Balaban J connectivity index is 7.00. The maximum Gasteiger partial charge on any atom is 0.462 e. The van der Waals surface area contributed by atoms with E-state index in [-0.39, 0.29) is 6.08 Å².